The maximum absolute atomic E-state index is 13.7. The van der Waals surface area contributed by atoms with E-state index in [-0.39, 0.29) is 17.2 Å². The minimum absolute atomic E-state index is 0.00870. The molecule has 0 amide bonds. The van der Waals surface area contributed by atoms with Crippen molar-refractivity contribution in [2.75, 3.05) is 48.6 Å². The SMILES string of the molecule is COc1ccc(-c2c3c4cc(OC)c(OCCN(C)C)cc4oc(=O)c3n3ccc4cc(O)c(OC)cc4c23)cc1O. The molecule has 0 bridgehead atoms. The molecule has 3 aromatic carbocycles. The maximum atomic E-state index is 13.7. The number of methoxy groups -OCH3 is 3. The molecule has 0 saturated heterocycles. The highest BCUT2D eigenvalue weighted by Crippen LogP contribution is 2.46. The predicted molar refractivity (Wildman–Crippen MR) is 161 cm³/mol. The van der Waals surface area contributed by atoms with Crippen LogP contribution >= 0.6 is 0 Å². The summed E-state index contributed by atoms with van der Waals surface area (Å²) in [6.45, 7) is 1.10. The van der Waals surface area contributed by atoms with Crippen LogP contribution in [-0.4, -0.2) is 68.1 Å². The van der Waals surface area contributed by atoms with Gasteiger partial charge in [0.05, 0.1) is 26.8 Å². The van der Waals surface area contributed by atoms with Crippen LogP contribution in [0.25, 0.3) is 49.3 Å². The van der Waals surface area contributed by atoms with E-state index in [1.54, 1.807) is 54.1 Å². The normalized spacial score (nSPS) is 11.7. The van der Waals surface area contributed by atoms with E-state index >= 15 is 0 Å². The highest BCUT2D eigenvalue weighted by atomic mass is 16.5. The number of hydrogen-bond acceptors (Lipinski definition) is 9. The Morgan fingerprint density at radius 1 is 0.810 bits per heavy atom. The molecule has 10 nitrogen and oxygen atoms in total. The van der Waals surface area contributed by atoms with Crippen LogP contribution in [0.15, 0.2) is 63.9 Å². The number of aromatic nitrogens is 1. The molecule has 0 atom stereocenters. The van der Waals surface area contributed by atoms with E-state index in [1.165, 1.54) is 14.2 Å². The highest BCUT2D eigenvalue weighted by molar-refractivity contribution is 6.22. The molecule has 6 aromatic rings. The molecule has 10 heteroatoms. The molecule has 0 aliphatic rings. The first-order chi connectivity index (χ1) is 20.2. The molecule has 0 unspecified atom stereocenters. The van der Waals surface area contributed by atoms with Crippen molar-refractivity contribution in [3.8, 4) is 45.6 Å². The van der Waals surface area contributed by atoms with Crippen LogP contribution in [0.5, 0.6) is 34.5 Å². The summed E-state index contributed by atoms with van der Waals surface area (Å²) in [6.07, 6.45) is 1.76. The van der Waals surface area contributed by atoms with Gasteiger partial charge in [0.2, 0.25) is 0 Å². The lowest BCUT2D eigenvalue weighted by Crippen LogP contribution is -2.19. The van der Waals surface area contributed by atoms with Crippen LogP contribution in [-0.2, 0) is 0 Å². The first-order valence-electron chi connectivity index (χ1n) is 13.2. The third-order valence-corrected chi connectivity index (χ3v) is 7.41. The van der Waals surface area contributed by atoms with Crippen LogP contribution in [0.4, 0.5) is 0 Å². The van der Waals surface area contributed by atoms with Gasteiger partial charge >= 0.3 is 5.63 Å². The van der Waals surface area contributed by atoms with Gasteiger partial charge in [0.25, 0.3) is 0 Å². The van der Waals surface area contributed by atoms with E-state index < -0.39 is 5.63 Å². The van der Waals surface area contributed by atoms with Gasteiger partial charge < -0.3 is 42.9 Å². The Morgan fingerprint density at radius 2 is 1.52 bits per heavy atom. The van der Waals surface area contributed by atoms with Gasteiger partial charge in [-0.2, -0.15) is 0 Å². The van der Waals surface area contributed by atoms with Crippen LogP contribution in [0.2, 0.25) is 0 Å². The van der Waals surface area contributed by atoms with Gasteiger partial charge in [-0.1, -0.05) is 6.07 Å². The van der Waals surface area contributed by atoms with Crippen LogP contribution in [0.3, 0.4) is 0 Å². The summed E-state index contributed by atoms with van der Waals surface area (Å²) in [6, 6.07) is 13.7. The molecule has 6 rings (SSSR count). The number of phenolic OH excluding ortho intramolecular Hbond substituents is 2. The van der Waals surface area contributed by atoms with E-state index in [1.807, 2.05) is 31.1 Å². The fourth-order valence-electron chi connectivity index (χ4n) is 5.42. The lowest BCUT2D eigenvalue weighted by atomic mass is 9.98. The van der Waals surface area contributed by atoms with Gasteiger partial charge in [-0.25, -0.2) is 4.79 Å². The Labute approximate surface area is 240 Å². The van der Waals surface area contributed by atoms with Crippen molar-refractivity contribution in [3.05, 3.63) is 65.1 Å². The lowest BCUT2D eigenvalue weighted by Gasteiger charge is -2.14. The van der Waals surface area contributed by atoms with E-state index in [2.05, 4.69) is 0 Å². The molecule has 0 spiro atoms. The van der Waals surface area contributed by atoms with E-state index in [9.17, 15) is 15.0 Å². The molecule has 0 saturated carbocycles. The zero-order chi connectivity index (χ0) is 29.7. The minimum atomic E-state index is -0.550. The minimum Gasteiger partial charge on any atom is -0.504 e. The van der Waals surface area contributed by atoms with E-state index in [0.717, 1.165) is 10.8 Å². The molecule has 3 aromatic heterocycles. The Morgan fingerprint density at radius 3 is 2.21 bits per heavy atom. The van der Waals surface area contributed by atoms with Gasteiger partial charge in [-0.15, -0.1) is 0 Å². The topological polar surface area (TPSA) is 115 Å². The molecule has 0 aliphatic carbocycles. The van der Waals surface area contributed by atoms with Crippen molar-refractivity contribution in [3.63, 3.8) is 0 Å². The molecule has 216 valence electrons. The lowest BCUT2D eigenvalue weighted by molar-refractivity contribution is 0.251. The van der Waals surface area contributed by atoms with Crippen LogP contribution in [0, 0.1) is 0 Å². The molecule has 0 fully saturated rings. The van der Waals surface area contributed by atoms with Crippen molar-refractivity contribution < 1.29 is 33.6 Å². The van der Waals surface area contributed by atoms with Crippen LogP contribution in [0.1, 0.15) is 0 Å². The second kappa shape index (κ2) is 10.4. The number of rotatable bonds is 8. The number of ether oxygens (including phenoxy) is 4. The van der Waals surface area contributed by atoms with Gasteiger partial charge in [0.1, 0.15) is 17.7 Å². The number of fused-ring (bicyclic) bond motifs is 7. The van der Waals surface area contributed by atoms with Gasteiger partial charge in [0.15, 0.2) is 34.5 Å². The van der Waals surface area contributed by atoms with Gasteiger partial charge in [0, 0.05) is 40.5 Å². The van der Waals surface area contributed by atoms with Crippen LogP contribution < -0.4 is 24.6 Å². The monoisotopic (exact) mass is 570 g/mol. The number of pyridine rings is 1. The molecule has 0 radical (unpaired) electrons. The second-order valence-electron chi connectivity index (χ2n) is 10.2. The van der Waals surface area contributed by atoms with Gasteiger partial charge in [-0.3, -0.25) is 0 Å². The average Bonchev–Trinajstić information content (AvgIpc) is 3.32. The Balaban J connectivity index is 1.78. The average molecular weight is 571 g/mol. The molecule has 0 aliphatic heterocycles. The first-order valence-corrected chi connectivity index (χ1v) is 13.2. The Bertz CT molecular complexity index is 2060. The van der Waals surface area contributed by atoms with E-state index in [4.69, 9.17) is 23.4 Å². The predicted octanol–water partition coefficient (Wildman–Crippen LogP) is 5.40. The number of hydrogen-bond donors (Lipinski definition) is 2. The van der Waals surface area contributed by atoms with Gasteiger partial charge in [-0.05, 0) is 61.4 Å². The quantitative estimate of drug-likeness (QED) is 0.232. The molecule has 2 N–H and O–H groups in total. The molecule has 42 heavy (non-hydrogen) atoms. The Kier molecular flexibility index (Phi) is 6.70. The number of aromatic hydroxyl groups is 2. The first kappa shape index (κ1) is 27.1. The fourth-order valence-corrected chi connectivity index (χ4v) is 5.42. The number of likely N-dealkylation sites (N-methyl/N-ethyl adjacent to an activating group) is 1. The number of benzene rings is 3. The summed E-state index contributed by atoms with van der Waals surface area (Å²) in [5.41, 5.74) is 2.05. The third-order valence-electron chi connectivity index (χ3n) is 7.41. The highest BCUT2D eigenvalue weighted by Gasteiger charge is 2.25. The zero-order valence-corrected chi connectivity index (χ0v) is 23.8. The fraction of sp³-hybridized carbons (Fsp3) is 0.219. The van der Waals surface area contributed by atoms with Crippen molar-refractivity contribution in [2.24, 2.45) is 0 Å². The number of nitrogens with zero attached hydrogens (tertiary/aromatic N) is 2. The Hall–Kier alpha value is -5.09. The summed E-state index contributed by atoms with van der Waals surface area (Å²) in [5, 5.41) is 23.9. The maximum Gasteiger partial charge on any atom is 0.361 e. The largest absolute Gasteiger partial charge is 0.504 e. The van der Waals surface area contributed by atoms with E-state index in [0.29, 0.717) is 68.9 Å². The molecular formula is C32H30N2O8. The third kappa shape index (κ3) is 4.27. The summed E-state index contributed by atoms with van der Waals surface area (Å²) in [5.74, 6) is 1.46. The smallest absolute Gasteiger partial charge is 0.361 e. The summed E-state index contributed by atoms with van der Waals surface area (Å²) in [7, 11) is 8.42. The zero-order valence-electron chi connectivity index (χ0n) is 23.8. The summed E-state index contributed by atoms with van der Waals surface area (Å²) < 4.78 is 30.1. The van der Waals surface area contributed by atoms with Crippen molar-refractivity contribution in [1.82, 2.24) is 9.30 Å². The second-order valence-corrected chi connectivity index (χ2v) is 10.2. The number of phenols is 2. The summed E-state index contributed by atoms with van der Waals surface area (Å²) in [4.78, 5) is 15.7. The van der Waals surface area contributed by atoms with Crippen molar-refractivity contribution in [2.45, 2.75) is 0 Å². The van der Waals surface area contributed by atoms with Crippen molar-refractivity contribution >= 4 is 38.2 Å². The molecular weight excluding hydrogens is 540 g/mol. The molecule has 3 heterocycles. The summed E-state index contributed by atoms with van der Waals surface area (Å²) >= 11 is 0. The van der Waals surface area contributed by atoms with Crippen molar-refractivity contribution in [1.29, 1.82) is 0 Å². The standard InChI is InChI=1S/C32H30N2O8/c1-33(2)10-11-41-27-16-24-20(15-26(27)40-5)29-28(18-6-7-23(38-3)21(35)13-18)30-19-14-25(39-4)22(36)12-17(19)8-9-34(30)31(29)32(37)42-24/h6-9,12-16,35-36H,10-11H2,1-5H3.